The zero-order valence-electron chi connectivity index (χ0n) is 16.2. The van der Waals surface area contributed by atoms with Gasteiger partial charge in [-0.1, -0.05) is 30.3 Å². The summed E-state index contributed by atoms with van der Waals surface area (Å²) in [7, 11) is 0. The molecule has 0 fully saturated rings. The second-order valence-corrected chi connectivity index (χ2v) is 6.93. The maximum atomic E-state index is 12.1. The minimum absolute atomic E-state index is 0.299. The Balaban J connectivity index is 1.26. The number of benzene rings is 2. The predicted octanol–water partition coefficient (Wildman–Crippen LogP) is 2.94. The van der Waals surface area contributed by atoms with Gasteiger partial charge in [-0.15, -0.1) is 0 Å². The molecule has 4 rings (SSSR count). The van der Waals surface area contributed by atoms with E-state index in [1.807, 2.05) is 30.3 Å². The molecule has 154 valence electrons. The molecule has 0 bridgehead atoms. The molecular weight excluding hydrogens is 388 g/mol. The van der Waals surface area contributed by atoms with Gasteiger partial charge in [0.1, 0.15) is 17.1 Å². The molecule has 8 nitrogen and oxygen atoms in total. The number of carbonyl (C=O) groups is 3. The Bertz CT molecular complexity index is 1070. The Morgan fingerprint density at radius 3 is 2.77 bits per heavy atom. The average Bonchev–Trinajstić information content (AvgIpc) is 3.17. The van der Waals surface area contributed by atoms with E-state index in [4.69, 9.17) is 13.9 Å². The van der Waals surface area contributed by atoms with Gasteiger partial charge < -0.3 is 24.5 Å². The molecule has 0 radical (unpaired) electrons. The van der Waals surface area contributed by atoms with E-state index in [0.29, 0.717) is 17.2 Å². The van der Waals surface area contributed by atoms with Crippen molar-refractivity contribution in [3.8, 4) is 5.75 Å². The topological polar surface area (TPSA) is 107 Å². The van der Waals surface area contributed by atoms with E-state index in [0.717, 1.165) is 11.0 Å². The summed E-state index contributed by atoms with van der Waals surface area (Å²) in [6.45, 7) is 1.31. The standard InChI is InChI=1S/C22H20N2O6/c1-13(18-10-14-6-2-4-8-16(14)29-18)23-20(25)12-28-21(26)11-19-22(27)24-15-7-3-5-9-17(15)30-19/h2-10,13,19H,11-12H2,1H3,(H,23,25)(H,24,27)/t13-,19-/m1/s1. The maximum absolute atomic E-state index is 12.1. The van der Waals surface area contributed by atoms with Crippen LogP contribution in [0.25, 0.3) is 11.0 Å². The van der Waals surface area contributed by atoms with Crippen LogP contribution in [-0.2, 0) is 19.1 Å². The molecule has 8 heteroatoms. The van der Waals surface area contributed by atoms with Crippen molar-refractivity contribution in [2.45, 2.75) is 25.5 Å². The van der Waals surface area contributed by atoms with Crippen LogP contribution in [-0.4, -0.2) is 30.5 Å². The first kappa shape index (κ1) is 19.5. The monoisotopic (exact) mass is 408 g/mol. The van der Waals surface area contributed by atoms with Crippen LogP contribution in [0, 0.1) is 0 Å². The van der Waals surface area contributed by atoms with Crippen molar-refractivity contribution in [3.63, 3.8) is 0 Å². The summed E-state index contributed by atoms with van der Waals surface area (Å²) in [4.78, 5) is 36.3. The van der Waals surface area contributed by atoms with Crippen LogP contribution in [0.5, 0.6) is 5.75 Å². The molecule has 2 N–H and O–H groups in total. The first-order valence-electron chi connectivity index (χ1n) is 9.49. The number of furan rings is 1. The third kappa shape index (κ3) is 4.27. The summed E-state index contributed by atoms with van der Waals surface area (Å²) in [5, 5.41) is 6.33. The fourth-order valence-electron chi connectivity index (χ4n) is 3.15. The molecule has 3 aromatic rings. The van der Waals surface area contributed by atoms with Gasteiger partial charge in [-0.2, -0.15) is 0 Å². The molecule has 0 saturated carbocycles. The average molecular weight is 408 g/mol. The molecule has 0 unspecified atom stereocenters. The number of hydrogen-bond donors (Lipinski definition) is 2. The van der Waals surface area contributed by atoms with E-state index < -0.39 is 36.5 Å². The molecule has 0 saturated heterocycles. The molecule has 2 atom stereocenters. The molecule has 1 aliphatic heterocycles. The highest BCUT2D eigenvalue weighted by atomic mass is 16.5. The Labute approximate surface area is 172 Å². The van der Waals surface area contributed by atoms with Gasteiger partial charge in [0.05, 0.1) is 18.2 Å². The number of fused-ring (bicyclic) bond motifs is 2. The Kier molecular flexibility index (Phi) is 5.38. The molecule has 30 heavy (non-hydrogen) atoms. The van der Waals surface area contributed by atoms with Crippen molar-refractivity contribution in [2.24, 2.45) is 0 Å². The van der Waals surface area contributed by atoms with Gasteiger partial charge >= 0.3 is 5.97 Å². The van der Waals surface area contributed by atoms with Crippen LogP contribution in [0.3, 0.4) is 0 Å². The number of para-hydroxylation sites is 3. The fraction of sp³-hybridized carbons (Fsp3) is 0.227. The fourth-order valence-corrected chi connectivity index (χ4v) is 3.15. The zero-order chi connectivity index (χ0) is 21.1. The van der Waals surface area contributed by atoms with Gasteiger partial charge in [-0.3, -0.25) is 14.4 Å². The van der Waals surface area contributed by atoms with E-state index in [-0.39, 0.29) is 6.42 Å². The van der Waals surface area contributed by atoms with Gasteiger partial charge in [0.25, 0.3) is 11.8 Å². The minimum Gasteiger partial charge on any atom is -0.478 e. The number of hydrogen-bond acceptors (Lipinski definition) is 6. The van der Waals surface area contributed by atoms with Crippen LogP contribution in [0.4, 0.5) is 5.69 Å². The molecule has 1 aliphatic rings. The quantitative estimate of drug-likeness (QED) is 0.608. The SMILES string of the molecule is C[C@@H](NC(=O)COC(=O)C[C@H]1Oc2ccccc2NC1=O)c1cc2ccccc2o1. The number of carbonyl (C=O) groups excluding carboxylic acids is 3. The van der Waals surface area contributed by atoms with E-state index in [2.05, 4.69) is 10.6 Å². The number of esters is 1. The van der Waals surface area contributed by atoms with Gasteiger partial charge in [-0.05, 0) is 31.2 Å². The van der Waals surface area contributed by atoms with E-state index >= 15 is 0 Å². The van der Waals surface area contributed by atoms with Gasteiger partial charge in [0, 0.05) is 5.39 Å². The Hall–Kier alpha value is -3.81. The van der Waals surface area contributed by atoms with Gasteiger partial charge in [0.2, 0.25) is 0 Å². The molecular formula is C22H20N2O6. The smallest absolute Gasteiger partial charge is 0.310 e. The summed E-state index contributed by atoms with van der Waals surface area (Å²) >= 11 is 0. The molecule has 1 aromatic heterocycles. The highest BCUT2D eigenvalue weighted by Gasteiger charge is 2.30. The second-order valence-electron chi connectivity index (χ2n) is 6.93. The molecule has 2 heterocycles. The second kappa shape index (κ2) is 8.28. The summed E-state index contributed by atoms with van der Waals surface area (Å²) in [6, 6.07) is 15.9. The number of rotatable bonds is 6. The third-order valence-corrected chi connectivity index (χ3v) is 4.67. The third-order valence-electron chi connectivity index (χ3n) is 4.67. The molecule has 2 amide bonds. The lowest BCUT2D eigenvalue weighted by Gasteiger charge is -2.25. The van der Waals surface area contributed by atoms with Crippen molar-refractivity contribution in [3.05, 3.63) is 60.4 Å². The number of amides is 2. The molecule has 2 aromatic carbocycles. The van der Waals surface area contributed by atoms with Gasteiger partial charge in [0.15, 0.2) is 12.7 Å². The first-order valence-corrected chi connectivity index (χ1v) is 9.49. The Morgan fingerprint density at radius 1 is 1.17 bits per heavy atom. The van der Waals surface area contributed by atoms with Crippen LogP contribution in [0.1, 0.15) is 25.1 Å². The normalized spacial score (nSPS) is 16.2. The zero-order valence-corrected chi connectivity index (χ0v) is 16.2. The van der Waals surface area contributed by atoms with Crippen molar-refractivity contribution in [1.82, 2.24) is 5.32 Å². The van der Waals surface area contributed by atoms with Crippen molar-refractivity contribution >= 4 is 34.4 Å². The van der Waals surface area contributed by atoms with E-state index in [1.54, 1.807) is 31.2 Å². The maximum Gasteiger partial charge on any atom is 0.310 e. The Morgan fingerprint density at radius 2 is 1.93 bits per heavy atom. The first-order chi connectivity index (χ1) is 14.5. The lowest BCUT2D eigenvalue weighted by molar-refractivity contribution is -0.151. The van der Waals surface area contributed by atoms with Crippen LogP contribution >= 0.6 is 0 Å². The highest BCUT2D eigenvalue weighted by Crippen LogP contribution is 2.29. The summed E-state index contributed by atoms with van der Waals surface area (Å²) < 4.78 is 16.3. The lowest BCUT2D eigenvalue weighted by Crippen LogP contribution is -2.39. The van der Waals surface area contributed by atoms with Crippen molar-refractivity contribution in [2.75, 3.05) is 11.9 Å². The van der Waals surface area contributed by atoms with Crippen molar-refractivity contribution < 1.29 is 28.3 Å². The predicted molar refractivity (Wildman–Crippen MR) is 108 cm³/mol. The van der Waals surface area contributed by atoms with Crippen LogP contribution in [0.15, 0.2) is 59.0 Å². The van der Waals surface area contributed by atoms with Crippen LogP contribution < -0.4 is 15.4 Å². The number of ether oxygens (including phenoxy) is 2. The highest BCUT2D eigenvalue weighted by molar-refractivity contribution is 5.99. The van der Waals surface area contributed by atoms with Crippen LogP contribution in [0.2, 0.25) is 0 Å². The summed E-state index contributed by atoms with van der Waals surface area (Å²) in [5.41, 5.74) is 1.28. The van der Waals surface area contributed by atoms with E-state index in [1.165, 1.54) is 0 Å². The summed E-state index contributed by atoms with van der Waals surface area (Å²) in [5.74, 6) is -0.542. The largest absolute Gasteiger partial charge is 0.478 e. The number of anilines is 1. The lowest BCUT2D eigenvalue weighted by atomic mass is 10.1. The molecule has 0 spiro atoms. The molecule has 0 aliphatic carbocycles. The van der Waals surface area contributed by atoms with E-state index in [9.17, 15) is 14.4 Å². The summed E-state index contributed by atoms with van der Waals surface area (Å²) in [6.07, 6.45) is -1.31. The number of nitrogens with one attached hydrogen (secondary N) is 2. The minimum atomic E-state index is -1.01. The van der Waals surface area contributed by atoms with Gasteiger partial charge in [-0.25, -0.2) is 0 Å². The van der Waals surface area contributed by atoms with Crippen molar-refractivity contribution in [1.29, 1.82) is 0 Å².